The first-order valence-electron chi connectivity index (χ1n) is 7.49. The van der Waals surface area contributed by atoms with Gasteiger partial charge in [-0.15, -0.1) is 0 Å². The smallest absolute Gasteiger partial charge is 0.330 e. The van der Waals surface area contributed by atoms with Crippen molar-refractivity contribution in [2.45, 2.75) is 38.3 Å². The predicted octanol–water partition coefficient (Wildman–Crippen LogP) is -0.0232. The Morgan fingerprint density at radius 3 is 1.50 bits per heavy atom. The van der Waals surface area contributed by atoms with Gasteiger partial charge in [-0.2, -0.15) is 0 Å². The Balaban J connectivity index is 3.75. The van der Waals surface area contributed by atoms with E-state index in [1.54, 1.807) is 0 Å². The standard InChI is InChI=1S/C16H26O8/c1-5-15(19)23-11(3)13(17)9-21-7-8-22-10-14(18)12(4)24-16(20)6-2/h5-6,11-14,17-18H,1-2,7-10H2,3-4H3. The van der Waals surface area contributed by atoms with Crippen molar-refractivity contribution in [1.29, 1.82) is 0 Å². The summed E-state index contributed by atoms with van der Waals surface area (Å²) < 4.78 is 20.0. The van der Waals surface area contributed by atoms with Gasteiger partial charge in [0.05, 0.1) is 26.4 Å². The van der Waals surface area contributed by atoms with Gasteiger partial charge in [-0.3, -0.25) is 0 Å². The molecule has 0 saturated heterocycles. The van der Waals surface area contributed by atoms with Gasteiger partial charge in [-0.25, -0.2) is 9.59 Å². The molecule has 8 nitrogen and oxygen atoms in total. The summed E-state index contributed by atoms with van der Waals surface area (Å²) in [6.07, 6.45) is -1.37. The number of carbonyl (C=O) groups excluding carboxylic acids is 2. The minimum absolute atomic E-state index is 0.0369. The second kappa shape index (κ2) is 12.7. The normalized spacial score (nSPS) is 15.7. The number of aliphatic hydroxyl groups excluding tert-OH is 2. The Labute approximate surface area is 141 Å². The van der Waals surface area contributed by atoms with E-state index in [2.05, 4.69) is 13.2 Å². The van der Waals surface area contributed by atoms with E-state index in [9.17, 15) is 19.8 Å². The molecular weight excluding hydrogens is 320 g/mol. The lowest BCUT2D eigenvalue weighted by molar-refractivity contribution is -0.152. The van der Waals surface area contributed by atoms with Crippen LogP contribution in [0.15, 0.2) is 25.3 Å². The van der Waals surface area contributed by atoms with Crippen molar-refractivity contribution in [2.75, 3.05) is 26.4 Å². The van der Waals surface area contributed by atoms with Crippen molar-refractivity contribution in [3.63, 3.8) is 0 Å². The molecule has 0 saturated carbocycles. The van der Waals surface area contributed by atoms with E-state index in [-0.39, 0.29) is 26.4 Å². The molecule has 4 unspecified atom stereocenters. The second-order valence-corrected chi connectivity index (χ2v) is 4.98. The largest absolute Gasteiger partial charge is 0.457 e. The Bertz CT molecular complexity index is 371. The summed E-state index contributed by atoms with van der Waals surface area (Å²) in [5.74, 6) is -1.24. The molecule has 0 bridgehead atoms. The van der Waals surface area contributed by atoms with E-state index >= 15 is 0 Å². The molecule has 0 aliphatic rings. The molecule has 0 fully saturated rings. The molecule has 0 heterocycles. The molecule has 0 radical (unpaired) electrons. The van der Waals surface area contributed by atoms with Crippen molar-refractivity contribution < 1.29 is 38.7 Å². The lowest BCUT2D eigenvalue weighted by Crippen LogP contribution is -2.33. The van der Waals surface area contributed by atoms with Crippen LogP contribution in [0.4, 0.5) is 0 Å². The Kier molecular flexibility index (Phi) is 11.7. The van der Waals surface area contributed by atoms with Crippen molar-refractivity contribution in [3.05, 3.63) is 25.3 Å². The molecule has 0 aromatic heterocycles. The molecular formula is C16H26O8. The Morgan fingerprint density at radius 2 is 1.21 bits per heavy atom. The van der Waals surface area contributed by atoms with Crippen LogP contribution in [-0.4, -0.2) is 73.0 Å². The lowest BCUT2D eigenvalue weighted by Gasteiger charge is -2.20. The number of rotatable bonds is 13. The van der Waals surface area contributed by atoms with Crippen LogP contribution in [0.5, 0.6) is 0 Å². The van der Waals surface area contributed by atoms with Crippen molar-refractivity contribution in [3.8, 4) is 0 Å². The molecule has 8 heteroatoms. The second-order valence-electron chi connectivity index (χ2n) is 4.98. The van der Waals surface area contributed by atoms with Crippen LogP contribution < -0.4 is 0 Å². The average Bonchev–Trinajstić information content (AvgIpc) is 2.56. The highest BCUT2D eigenvalue weighted by molar-refractivity contribution is 5.81. The fraction of sp³-hybridized carbons (Fsp3) is 0.625. The van der Waals surface area contributed by atoms with Crippen LogP contribution in [0.25, 0.3) is 0 Å². The van der Waals surface area contributed by atoms with Gasteiger partial charge in [-0.05, 0) is 13.8 Å². The van der Waals surface area contributed by atoms with E-state index in [0.29, 0.717) is 0 Å². The summed E-state index contributed by atoms with van der Waals surface area (Å²) in [6, 6.07) is 0. The third-order valence-electron chi connectivity index (χ3n) is 2.97. The molecule has 0 spiro atoms. The highest BCUT2D eigenvalue weighted by Crippen LogP contribution is 2.02. The monoisotopic (exact) mass is 346 g/mol. The SMILES string of the molecule is C=CC(=O)OC(C)C(O)COCCOCC(O)C(C)OC(=O)C=C. The van der Waals surface area contributed by atoms with E-state index in [1.165, 1.54) is 13.8 Å². The summed E-state index contributed by atoms with van der Waals surface area (Å²) in [6.45, 7) is 9.86. The van der Waals surface area contributed by atoms with Crippen LogP contribution in [0, 0.1) is 0 Å². The van der Waals surface area contributed by atoms with Gasteiger partial charge in [0, 0.05) is 12.2 Å². The van der Waals surface area contributed by atoms with Gasteiger partial charge in [-0.1, -0.05) is 13.2 Å². The quantitative estimate of drug-likeness (QED) is 0.272. The van der Waals surface area contributed by atoms with Gasteiger partial charge in [0.25, 0.3) is 0 Å². The van der Waals surface area contributed by atoms with E-state index in [0.717, 1.165) is 12.2 Å². The number of hydrogen-bond acceptors (Lipinski definition) is 8. The minimum atomic E-state index is -0.974. The molecule has 0 aromatic rings. The zero-order valence-corrected chi connectivity index (χ0v) is 14.1. The molecule has 0 rings (SSSR count). The summed E-state index contributed by atoms with van der Waals surface area (Å²) >= 11 is 0. The number of ether oxygens (including phenoxy) is 4. The van der Waals surface area contributed by atoms with E-state index in [1.807, 2.05) is 0 Å². The fourth-order valence-corrected chi connectivity index (χ4v) is 1.42. The fourth-order valence-electron chi connectivity index (χ4n) is 1.42. The zero-order chi connectivity index (χ0) is 18.5. The van der Waals surface area contributed by atoms with E-state index < -0.39 is 36.4 Å². The minimum Gasteiger partial charge on any atom is -0.457 e. The summed E-state index contributed by atoms with van der Waals surface area (Å²) in [5.41, 5.74) is 0. The molecule has 0 aliphatic carbocycles. The molecule has 0 aliphatic heterocycles. The highest BCUT2D eigenvalue weighted by atomic mass is 16.6. The lowest BCUT2D eigenvalue weighted by atomic mass is 10.2. The first-order chi connectivity index (χ1) is 11.3. The maximum Gasteiger partial charge on any atom is 0.330 e. The van der Waals surface area contributed by atoms with Gasteiger partial charge < -0.3 is 29.2 Å². The van der Waals surface area contributed by atoms with Gasteiger partial charge >= 0.3 is 11.9 Å². The molecule has 24 heavy (non-hydrogen) atoms. The molecule has 2 N–H and O–H groups in total. The van der Waals surface area contributed by atoms with Crippen molar-refractivity contribution in [2.24, 2.45) is 0 Å². The van der Waals surface area contributed by atoms with Crippen LogP contribution >= 0.6 is 0 Å². The average molecular weight is 346 g/mol. The van der Waals surface area contributed by atoms with Crippen LogP contribution in [0.3, 0.4) is 0 Å². The van der Waals surface area contributed by atoms with Crippen LogP contribution in [0.2, 0.25) is 0 Å². The van der Waals surface area contributed by atoms with Crippen LogP contribution in [0.1, 0.15) is 13.8 Å². The summed E-state index contributed by atoms with van der Waals surface area (Å²) in [5, 5.41) is 19.4. The Morgan fingerprint density at radius 1 is 0.875 bits per heavy atom. The maximum atomic E-state index is 11.0. The zero-order valence-electron chi connectivity index (χ0n) is 14.1. The van der Waals surface area contributed by atoms with Gasteiger partial charge in [0.1, 0.15) is 24.4 Å². The third-order valence-corrected chi connectivity index (χ3v) is 2.97. The molecule has 4 atom stereocenters. The Hall–Kier alpha value is -1.74. The highest BCUT2D eigenvalue weighted by Gasteiger charge is 2.19. The third kappa shape index (κ3) is 10.1. The summed E-state index contributed by atoms with van der Waals surface area (Å²) in [4.78, 5) is 21.9. The van der Waals surface area contributed by atoms with Gasteiger partial charge in [0.15, 0.2) is 0 Å². The number of carbonyl (C=O) groups is 2. The van der Waals surface area contributed by atoms with E-state index in [4.69, 9.17) is 18.9 Å². The van der Waals surface area contributed by atoms with Crippen LogP contribution in [-0.2, 0) is 28.5 Å². The first kappa shape index (κ1) is 22.3. The number of esters is 2. The maximum absolute atomic E-state index is 11.0. The molecule has 138 valence electrons. The topological polar surface area (TPSA) is 112 Å². The molecule has 0 aromatic carbocycles. The number of hydrogen-bond donors (Lipinski definition) is 2. The van der Waals surface area contributed by atoms with Crippen molar-refractivity contribution >= 4 is 11.9 Å². The molecule has 0 amide bonds. The predicted molar refractivity (Wildman–Crippen MR) is 85.2 cm³/mol. The van der Waals surface area contributed by atoms with Crippen molar-refractivity contribution in [1.82, 2.24) is 0 Å². The summed E-state index contributed by atoms with van der Waals surface area (Å²) in [7, 11) is 0. The number of aliphatic hydroxyl groups is 2. The van der Waals surface area contributed by atoms with Gasteiger partial charge in [0.2, 0.25) is 0 Å². The first-order valence-corrected chi connectivity index (χ1v) is 7.49.